The summed E-state index contributed by atoms with van der Waals surface area (Å²) >= 11 is 1.73. The topological polar surface area (TPSA) is 50.4 Å². The summed E-state index contributed by atoms with van der Waals surface area (Å²) in [6.45, 7) is 6.90. The van der Waals surface area contributed by atoms with E-state index in [0.29, 0.717) is 12.5 Å². The normalized spacial score (nSPS) is 13.3. The Morgan fingerprint density at radius 2 is 2.26 bits per heavy atom. The first kappa shape index (κ1) is 18.3. The molecule has 0 saturated carbocycles. The number of thiophene rings is 1. The minimum absolute atomic E-state index is 0. The number of halogens is 1. The van der Waals surface area contributed by atoms with Crippen molar-refractivity contribution in [3.05, 3.63) is 22.4 Å². The van der Waals surface area contributed by atoms with Gasteiger partial charge in [-0.15, -0.1) is 41.7 Å². The Bertz CT molecular complexity index is 427. The largest absolute Gasteiger partial charge is 0.370 e. The third-order valence-corrected chi connectivity index (χ3v) is 3.48. The average molecular weight is 391 g/mol. The summed E-state index contributed by atoms with van der Waals surface area (Å²) < 4.78 is 0. The minimum Gasteiger partial charge on any atom is -0.370 e. The Balaban J connectivity index is 0.00000324. The summed E-state index contributed by atoms with van der Waals surface area (Å²) in [6.07, 6.45) is 6.40. The molecule has 19 heavy (non-hydrogen) atoms. The summed E-state index contributed by atoms with van der Waals surface area (Å²) in [5.74, 6) is 3.13. The molecule has 0 aliphatic rings. The summed E-state index contributed by atoms with van der Waals surface area (Å²) in [5.41, 5.74) is 5.79. The number of guanidine groups is 1. The van der Waals surface area contributed by atoms with Crippen molar-refractivity contribution in [1.82, 2.24) is 5.32 Å². The van der Waals surface area contributed by atoms with Gasteiger partial charge in [0.25, 0.3) is 0 Å². The predicted molar refractivity (Wildman–Crippen MR) is 95.1 cm³/mol. The van der Waals surface area contributed by atoms with Gasteiger partial charge >= 0.3 is 0 Å². The molecule has 106 valence electrons. The van der Waals surface area contributed by atoms with Crippen LogP contribution < -0.4 is 11.1 Å². The SMILES string of the molecule is C#CC(NC(N)=NCCc1cccs1)C(C)(C)C.I. The van der Waals surface area contributed by atoms with E-state index in [1.165, 1.54) is 4.88 Å². The molecule has 1 rings (SSSR count). The van der Waals surface area contributed by atoms with E-state index < -0.39 is 0 Å². The van der Waals surface area contributed by atoms with Crippen molar-refractivity contribution in [1.29, 1.82) is 0 Å². The lowest BCUT2D eigenvalue weighted by molar-refractivity contribution is 0.351. The lowest BCUT2D eigenvalue weighted by Crippen LogP contribution is -2.46. The number of nitrogens with one attached hydrogen (secondary N) is 1. The Kier molecular flexibility index (Phi) is 8.11. The van der Waals surface area contributed by atoms with E-state index in [0.717, 1.165) is 6.42 Å². The Labute approximate surface area is 137 Å². The van der Waals surface area contributed by atoms with Crippen molar-refractivity contribution >= 4 is 41.3 Å². The molecule has 1 heterocycles. The maximum absolute atomic E-state index is 5.83. The summed E-state index contributed by atoms with van der Waals surface area (Å²) in [6, 6.07) is 4.03. The molecule has 0 saturated heterocycles. The van der Waals surface area contributed by atoms with E-state index in [1.54, 1.807) is 11.3 Å². The van der Waals surface area contributed by atoms with E-state index in [-0.39, 0.29) is 35.4 Å². The maximum Gasteiger partial charge on any atom is 0.189 e. The maximum atomic E-state index is 5.83. The van der Waals surface area contributed by atoms with Crippen LogP contribution in [0, 0.1) is 17.8 Å². The molecule has 0 amide bonds. The number of hydrogen-bond acceptors (Lipinski definition) is 2. The van der Waals surface area contributed by atoms with Crippen molar-refractivity contribution < 1.29 is 0 Å². The Morgan fingerprint density at radius 3 is 2.74 bits per heavy atom. The van der Waals surface area contributed by atoms with Crippen molar-refractivity contribution in [2.75, 3.05) is 6.54 Å². The zero-order chi connectivity index (χ0) is 13.6. The molecule has 0 aliphatic carbocycles. The molecular formula is C14H22IN3S. The first-order valence-electron chi connectivity index (χ1n) is 5.98. The van der Waals surface area contributed by atoms with Crippen LogP contribution in [0.4, 0.5) is 0 Å². The predicted octanol–water partition coefficient (Wildman–Crippen LogP) is 2.86. The van der Waals surface area contributed by atoms with E-state index >= 15 is 0 Å². The zero-order valence-corrected chi connectivity index (χ0v) is 14.8. The second-order valence-corrected chi connectivity index (χ2v) is 6.24. The van der Waals surface area contributed by atoms with Gasteiger partial charge in [-0.3, -0.25) is 4.99 Å². The fourth-order valence-electron chi connectivity index (χ4n) is 1.44. The minimum atomic E-state index is -0.108. The molecule has 1 aromatic heterocycles. The first-order chi connectivity index (χ1) is 8.43. The van der Waals surface area contributed by atoms with Crippen molar-refractivity contribution in [3.63, 3.8) is 0 Å². The molecule has 0 aromatic carbocycles. The molecule has 0 spiro atoms. The van der Waals surface area contributed by atoms with Gasteiger partial charge in [0, 0.05) is 17.8 Å². The van der Waals surface area contributed by atoms with Gasteiger partial charge in [0.15, 0.2) is 5.96 Å². The van der Waals surface area contributed by atoms with Gasteiger partial charge in [0.05, 0.1) is 6.04 Å². The summed E-state index contributed by atoms with van der Waals surface area (Å²) in [7, 11) is 0. The van der Waals surface area contributed by atoms with Crippen LogP contribution in [0.5, 0.6) is 0 Å². The first-order valence-corrected chi connectivity index (χ1v) is 6.86. The molecule has 1 atom stereocenters. The second-order valence-electron chi connectivity index (χ2n) is 5.21. The van der Waals surface area contributed by atoms with Gasteiger partial charge in [0.1, 0.15) is 0 Å². The van der Waals surface area contributed by atoms with E-state index in [1.807, 2.05) is 6.07 Å². The molecule has 1 aromatic rings. The fourth-order valence-corrected chi connectivity index (χ4v) is 2.14. The van der Waals surface area contributed by atoms with Crippen molar-refractivity contribution in [3.8, 4) is 12.3 Å². The molecule has 1 unspecified atom stereocenters. The van der Waals surface area contributed by atoms with Crippen LogP contribution in [0.2, 0.25) is 0 Å². The summed E-state index contributed by atoms with van der Waals surface area (Å²) in [5, 5.41) is 5.15. The number of rotatable bonds is 4. The highest BCUT2D eigenvalue weighted by atomic mass is 127. The van der Waals surface area contributed by atoms with Gasteiger partial charge in [-0.05, 0) is 16.9 Å². The highest BCUT2D eigenvalue weighted by Gasteiger charge is 2.22. The van der Waals surface area contributed by atoms with Crippen LogP contribution in [0.3, 0.4) is 0 Å². The standard InChI is InChI=1S/C14H21N3S.HI/c1-5-12(14(2,3)4)17-13(15)16-9-8-11-7-6-10-18-11;/h1,6-7,10,12H,8-9H2,2-4H3,(H3,15,16,17);1H. The highest BCUT2D eigenvalue weighted by Crippen LogP contribution is 2.18. The van der Waals surface area contributed by atoms with Gasteiger partial charge in [0.2, 0.25) is 0 Å². The van der Waals surface area contributed by atoms with Gasteiger partial charge in [-0.2, -0.15) is 0 Å². The number of aliphatic imine (C=N–C) groups is 1. The fraction of sp³-hybridized carbons (Fsp3) is 0.500. The number of nitrogens with zero attached hydrogens (tertiary/aromatic N) is 1. The lowest BCUT2D eigenvalue weighted by atomic mass is 9.87. The quantitative estimate of drug-likeness (QED) is 0.359. The zero-order valence-electron chi connectivity index (χ0n) is 11.6. The smallest absolute Gasteiger partial charge is 0.189 e. The molecule has 0 fully saturated rings. The average Bonchev–Trinajstić information content (AvgIpc) is 2.77. The number of hydrogen-bond donors (Lipinski definition) is 2. The molecule has 3 N–H and O–H groups in total. The van der Waals surface area contributed by atoms with Crippen LogP contribution in [0.15, 0.2) is 22.5 Å². The molecule has 0 aliphatic heterocycles. The van der Waals surface area contributed by atoms with E-state index in [9.17, 15) is 0 Å². The monoisotopic (exact) mass is 391 g/mol. The van der Waals surface area contributed by atoms with Crippen LogP contribution in [0.25, 0.3) is 0 Å². The molecular weight excluding hydrogens is 369 g/mol. The highest BCUT2D eigenvalue weighted by molar-refractivity contribution is 14.0. The van der Waals surface area contributed by atoms with E-state index in [4.69, 9.17) is 12.2 Å². The van der Waals surface area contributed by atoms with Crippen molar-refractivity contribution in [2.45, 2.75) is 33.2 Å². The van der Waals surface area contributed by atoms with E-state index in [2.05, 4.69) is 48.4 Å². The van der Waals surface area contributed by atoms with Gasteiger partial charge in [-0.25, -0.2) is 0 Å². The van der Waals surface area contributed by atoms with Gasteiger partial charge in [-0.1, -0.05) is 32.8 Å². The third kappa shape index (κ3) is 6.83. The van der Waals surface area contributed by atoms with Crippen LogP contribution in [0.1, 0.15) is 25.6 Å². The summed E-state index contributed by atoms with van der Waals surface area (Å²) in [4.78, 5) is 5.61. The van der Waals surface area contributed by atoms with Crippen LogP contribution in [-0.2, 0) is 6.42 Å². The molecule has 5 heteroatoms. The third-order valence-electron chi connectivity index (χ3n) is 2.55. The molecule has 0 bridgehead atoms. The Morgan fingerprint density at radius 1 is 1.58 bits per heavy atom. The lowest BCUT2D eigenvalue weighted by Gasteiger charge is -2.27. The van der Waals surface area contributed by atoms with Crippen molar-refractivity contribution in [2.24, 2.45) is 16.1 Å². The molecule has 0 radical (unpaired) electrons. The molecule has 3 nitrogen and oxygen atoms in total. The van der Waals surface area contributed by atoms with Gasteiger partial charge < -0.3 is 11.1 Å². The number of terminal acetylenes is 1. The number of nitrogens with two attached hydrogens (primary N) is 1. The van der Waals surface area contributed by atoms with Crippen LogP contribution in [-0.4, -0.2) is 18.5 Å². The Hall–Kier alpha value is -0.740. The second kappa shape index (κ2) is 8.43. The van der Waals surface area contributed by atoms with Crippen LogP contribution >= 0.6 is 35.3 Å².